The number of fused-ring (bicyclic) bond motifs is 3. The molecule has 2 aromatic heterocycles. The quantitative estimate of drug-likeness (QED) is 0.183. The van der Waals surface area contributed by atoms with Crippen molar-refractivity contribution in [3.05, 3.63) is 176 Å². The molecule has 47 heavy (non-hydrogen) atoms. The Balaban J connectivity index is 1.29. The molecular weight excluding hydrogens is 571 g/mol. The van der Waals surface area contributed by atoms with E-state index in [1.807, 2.05) is 60.8 Å². The molecule has 0 N–H and O–H groups in total. The number of pyridine rings is 1. The molecule has 0 atom stereocenters. The number of hydrogen-bond acceptors (Lipinski definition) is 2. The van der Waals surface area contributed by atoms with E-state index in [0.717, 1.165) is 60.6 Å². The van der Waals surface area contributed by atoms with Gasteiger partial charge in [0.05, 0.1) is 23.6 Å². The number of benzene rings is 7. The van der Waals surface area contributed by atoms with E-state index in [9.17, 15) is 0 Å². The van der Waals surface area contributed by atoms with Crippen LogP contribution in [-0.4, -0.2) is 14.5 Å². The van der Waals surface area contributed by atoms with Gasteiger partial charge in [0.15, 0.2) is 0 Å². The summed E-state index contributed by atoms with van der Waals surface area (Å²) in [4.78, 5) is 9.59. The summed E-state index contributed by atoms with van der Waals surface area (Å²) in [5.41, 5.74) is 8.37. The van der Waals surface area contributed by atoms with E-state index in [2.05, 4.69) is 89.9 Å². The van der Waals surface area contributed by atoms with Crippen molar-refractivity contribution in [1.29, 1.82) is 0 Å². The Morgan fingerprint density at radius 3 is 1.68 bits per heavy atom. The minimum Gasteiger partial charge on any atom is -0.292 e. The molecule has 220 valence electrons. The lowest BCUT2D eigenvalue weighted by molar-refractivity contribution is 1.10. The average molecular weight is 605 g/mol. The largest absolute Gasteiger partial charge is 0.292 e. The second-order valence-corrected chi connectivity index (χ2v) is 11.5. The van der Waals surface area contributed by atoms with Gasteiger partial charge in [-0.2, -0.15) is 0 Å². The summed E-state index contributed by atoms with van der Waals surface area (Å²) in [6.45, 7) is 0. The van der Waals surface area contributed by atoms with E-state index in [4.69, 9.17) is 11.8 Å². The molecule has 0 saturated heterocycles. The van der Waals surface area contributed by atoms with Gasteiger partial charge in [0.25, 0.3) is 0 Å². The van der Waals surface area contributed by atoms with Crippen LogP contribution < -0.4 is 0 Å². The molecule has 3 heteroatoms. The molecule has 9 rings (SSSR count). The molecular formula is C44H29N3. The summed E-state index contributed by atoms with van der Waals surface area (Å²) in [6.07, 6.45) is 1.81. The second-order valence-electron chi connectivity index (χ2n) is 11.5. The van der Waals surface area contributed by atoms with E-state index in [1.165, 1.54) is 0 Å². The summed E-state index contributed by atoms with van der Waals surface area (Å²) in [5.74, 6) is 0.484. The summed E-state index contributed by atoms with van der Waals surface area (Å²) >= 11 is 0. The molecule has 9 aromatic rings. The van der Waals surface area contributed by atoms with Gasteiger partial charge >= 0.3 is 0 Å². The number of nitrogens with zero attached hydrogens (tertiary/aromatic N) is 3. The molecule has 0 saturated carbocycles. The number of aromatic nitrogens is 3. The van der Waals surface area contributed by atoms with Crippen molar-refractivity contribution in [3.8, 4) is 50.6 Å². The van der Waals surface area contributed by atoms with Gasteiger partial charge < -0.3 is 0 Å². The molecule has 0 amide bonds. The highest BCUT2D eigenvalue weighted by atomic mass is 15.1. The maximum atomic E-state index is 8.83. The van der Waals surface area contributed by atoms with Gasteiger partial charge in [0.1, 0.15) is 5.82 Å². The third-order valence-electron chi connectivity index (χ3n) is 8.72. The van der Waals surface area contributed by atoms with Gasteiger partial charge in [0.2, 0.25) is 0 Å². The molecule has 2 heterocycles. The maximum absolute atomic E-state index is 8.83. The van der Waals surface area contributed by atoms with Crippen molar-refractivity contribution in [2.24, 2.45) is 0 Å². The van der Waals surface area contributed by atoms with Gasteiger partial charge in [-0.15, -0.1) is 0 Å². The number of hydrogen-bond donors (Lipinski definition) is 0. The molecule has 0 spiro atoms. The normalized spacial score (nSPS) is 12.9. The lowest BCUT2D eigenvalue weighted by Gasteiger charge is -2.18. The summed E-state index contributed by atoms with van der Waals surface area (Å²) in [5, 5.41) is 4.42. The highest BCUT2D eigenvalue weighted by Crippen LogP contribution is 2.44. The molecule has 3 nitrogen and oxygen atoms in total. The SMILES string of the molecule is [2H]c1c([2H])c([2H])c(-n2c(-c3cccc(-c4c5ccccc5c(-c5cccc(-c6ccccn6)c5)c5ccccc45)c3)nc3ccccc32)c([2H])c1[2H]. The fourth-order valence-electron chi connectivity index (χ4n) is 6.73. The van der Waals surface area contributed by atoms with Crippen LogP contribution in [0.3, 0.4) is 0 Å². The number of imidazole rings is 1. The Morgan fingerprint density at radius 2 is 1.04 bits per heavy atom. The fraction of sp³-hybridized carbons (Fsp3) is 0. The first-order chi connectivity index (χ1) is 25.4. The molecule has 0 radical (unpaired) electrons. The van der Waals surface area contributed by atoms with Crippen LogP contribution >= 0.6 is 0 Å². The summed E-state index contributed by atoms with van der Waals surface area (Å²) < 4.78 is 44.4. The molecule has 0 aliphatic rings. The van der Waals surface area contributed by atoms with Crippen LogP contribution in [0.5, 0.6) is 0 Å². The van der Waals surface area contributed by atoms with Gasteiger partial charge in [0, 0.05) is 23.0 Å². The molecule has 7 aromatic carbocycles. The maximum Gasteiger partial charge on any atom is 0.145 e. The molecule has 0 fully saturated rings. The number of rotatable bonds is 5. The predicted molar refractivity (Wildman–Crippen MR) is 196 cm³/mol. The van der Waals surface area contributed by atoms with E-state index in [-0.39, 0.29) is 17.8 Å². The van der Waals surface area contributed by atoms with Crippen molar-refractivity contribution in [1.82, 2.24) is 14.5 Å². The standard InChI is InChI=1S/C44H29N3/c1-2-18-34(19-3-1)47-41-26-9-8-25-40(41)46-44(47)33-17-13-16-32(29-33)43-37-22-6-4-20-35(37)42(36-21-5-7-23-38(36)43)31-15-12-14-30(28-31)39-24-10-11-27-45-39/h1-29H/i1D,2D,3D,18D,19D. The van der Waals surface area contributed by atoms with Gasteiger partial charge in [-0.25, -0.2) is 4.98 Å². The Hall–Kier alpha value is -6.32. The Labute approximate surface area is 280 Å². The first-order valence-electron chi connectivity index (χ1n) is 18.0. The lowest BCUT2D eigenvalue weighted by Crippen LogP contribution is -1.97. The summed E-state index contributed by atoms with van der Waals surface area (Å²) in [6, 6.07) is 45.3. The van der Waals surface area contributed by atoms with Crippen LogP contribution in [0.15, 0.2) is 176 Å². The zero-order chi connectivity index (χ0) is 35.5. The smallest absolute Gasteiger partial charge is 0.145 e. The van der Waals surface area contributed by atoms with Crippen molar-refractivity contribution < 1.29 is 6.85 Å². The zero-order valence-corrected chi connectivity index (χ0v) is 25.2. The van der Waals surface area contributed by atoms with E-state index < -0.39 is 18.1 Å². The Bertz CT molecular complexity index is 2780. The van der Waals surface area contributed by atoms with Gasteiger partial charge in [-0.1, -0.05) is 121 Å². The second kappa shape index (κ2) is 11.2. The minimum atomic E-state index is -0.433. The van der Waals surface area contributed by atoms with Crippen LogP contribution in [-0.2, 0) is 0 Å². The number of para-hydroxylation sites is 3. The minimum absolute atomic E-state index is 0.0632. The summed E-state index contributed by atoms with van der Waals surface area (Å²) in [7, 11) is 0. The van der Waals surface area contributed by atoms with E-state index in [0.29, 0.717) is 16.9 Å². The van der Waals surface area contributed by atoms with Gasteiger partial charge in [-0.05, 0) is 92.3 Å². The molecule has 0 bridgehead atoms. The zero-order valence-electron chi connectivity index (χ0n) is 30.2. The van der Waals surface area contributed by atoms with Gasteiger partial charge in [-0.3, -0.25) is 9.55 Å². The monoisotopic (exact) mass is 604 g/mol. The van der Waals surface area contributed by atoms with Crippen LogP contribution in [0.25, 0.3) is 83.2 Å². The third kappa shape index (κ3) is 4.60. The van der Waals surface area contributed by atoms with Crippen molar-refractivity contribution in [3.63, 3.8) is 0 Å². The average Bonchev–Trinajstić information content (AvgIpc) is 3.58. The first kappa shape index (κ1) is 22.2. The Morgan fingerprint density at radius 1 is 0.489 bits per heavy atom. The lowest BCUT2D eigenvalue weighted by atomic mass is 9.85. The van der Waals surface area contributed by atoms with Crippen LogP contribution in [0.4, 0.5) is 0 Å². The molecule has 0 unspecified atom stereocenters. The van der Waals surface area contributed by atoms with Crippen molar-refractivity contribution in [2.75, 3.05) is 0 Å². The van der Waals surface area contributed by atoms with E-state index in [1.54, 1.807) is 4.57 Å². The molecule has 0 aliphatic heterocycles. The highest BCUT2D eigenvalue weighted by molar-refractivity contribution is 6.21. The van der Waals surface area contributed by atoms with Crippen LogP contribution in [0, 0.1) is 0 Å². The van der Waals surface area contributed by atoms with Crippen LogP contribution in [0.1, 0.15) is 6.85 Å². The predicted octanol–water partition coefficient (Wildman–Crippen LogP) is 11.4. The third-order valence-corrected chi connectivity index (χ3v) is 8.72. The Kier molecular flexibility index (Phi) is 5.32. The first-order valence-corrected chi connectivity index (χ1v) is 15.5. The van der Waals surface area contributed by atoms with Crippen molar-refractivity contribution >= 4 is 32.6 Å². The fourth-order valence-corrected chi connectivity index (χ4v) is 6.73. The van der Waals surface area contributed by atoms with Crippen LogP contribution in [0.2, 0.25) is 0 Å². The topological polar surface area (TPSA) is 30.7 Å². The van der Waals surface area contributed by atoms with Crippen molar-refractivity contribution in [2.45, 2.75) is 0 Å². The molecule has 0 aliphatic carbocycles. The van der Waals surface area contributed by atoms with E-state index >= 15 is 0 Å². The highest BCUT2D eigenvalue weighted by Gasteiger charge is 2.19.